The van der Waals surface area contributed by atoms with Gasteiger partial charge in [0.2, 0.25) is 26.0 Å². The van der Waals surface area contributed by atoms with Crippen molar-refractivity contribution >= 4 is 43.4 Å². The number of benzene rings is 1. The first-order valence-electron chi connectivity index (χ1n) is 9.47. The molecular formula is C19H23ClN4O5S2. The van der Waals surface area contributed by atoms with Crippen LogP contribution in [0.15, 0.2) is 52.4 Å². The van der Waals surface area contributed by atoms with Crippen LogP contribution >= 0.6 is 11.6 Å². The molecule has 12 heteroatoms. The lowest BCUT2D eigenvalue weighted by Crippen LogP contribution is -2.41. The number of nitrogens with one attached hydrogen (secondary N) is 1. The van der Waals surface area contributed by atoms with E-state index in [2.05, 4.69) is 10.3 Å². The van der Waals surface area contributed by atoms with Crippen molar-refractivity contribution in [2.75, 3.05) is 32.5 Å². The van der Waals surface area contributed by atoms with E-state index in [1.54, 1.807) is 12.1 Å². The predicted molar refractivity (Wildman–Crippen MR) is 117 cm³/mol. The van der Waals surface area contributed by atoms with Crippen molar-refractivity contribution in [3.63, 3.8) is 0 Å². The number of nitrogens with zero attached hydrogens (tertiary/aromatic N) is 3. The molecule has 2 heterocycles. The number of piperidine rings is 1. The molecule has 0 spiro atoms. The van der Waals surface area contributed by atoms with Crippen LogP contribution in [-0.4, -0.2) is 63.5 Å². The molecule has 0 bridgehead atoms. The summed E-state index contributed by atoms with van der Waals surface area (Å²) in [5.74, 6) is -0.168. The lowest BCUT2D eigenvalue weighted by atomic mass is 9.97. The fraction of sp³-hybridized carbons (Fsp3) is 0.368. The van der Waals surface area contributed by atoms with Gasteiger partial charge in [-0.05, 0) is 49.2 Å². The molecule has 1 aliphatic heterocycles. The molecule has 1 amide bonds. The van der Waals surface area contributed by atoms with Gasteiger partial charge in [0.05, 0.1) is 14.8 Å². The van der Waals surface area contributed by atoms with Crippen LogP contribution in [0.2, 0.25) is 5.02 Å². The Kier molecular flexibility index (Phi) is 7.01. The van der Waals surface area contributed by atoms with Crippen molar-refractivity contribution in [3.05, 3.63) is 47.6 Å². The number of aromatic nitrogens is 1. The van der Waals surface area contributed by atoms with E-state index in [4.69, 9.17) is 11.6 Å². The second-order valence-corrected chi connectivity index (χ2v) is 11.8. The summed E-state index contributed by atoms with van der Waals surface area (Å²) < 4.78 is 52.5. The Morgan fingerprint density at radius 3 is 2.13 bits per heavy atom. The molecule has 0 aliphatic carbocycles. The van der Waals surface area contributed by atoms with Gasteiger partial charge in [0.1, 0.15) is 5.82 Å². The van der Waals surface area contributed by atoms with E-state index < -0.39 is 20.0 Å². The Balaban J connectivity index is 1.64. The minimum atomic E-state index is -3.79. The molecule has 0 saturated carbocycles. The monoisotopic (exact) mass is 486 g/mol. The largest absolute Gasteiger partial charge is 0.310 e. The normalized spacial score (nSPS) is 16.4. The summed E-state index contributed by atoms with van der Waals surface area (Å²) in [5, 5.41) is 3.18. The van der Waals surface area contributed by atoms with Crippen LogP contribution in [0.3, 0.4) is 0 Å². The summed E-state index contributed by atoms with van der Waals surface area (Å²) in [6, 6.07) is 8.35. The number of sulfonamides is 2. The van der Waals surface area contributed by atoms with Crippen LogP contribution in [0.1, 0.15) is 12.8 Å². The number of hydrogen-bond donors (Lipinski definition) is 1. The fourth-order valence-corrected chi connectivity index (χ4v) is 5.66. The topological polar surface area (TPSA) is 117 Å². The third-order valence-electron chi connectivity index (χ3n) is 5.04. The molecule has 1 aromatic carbocycles. The zero-order valence-corrected chi connectivity index (χ0v) is 19.4. The highest BCUT2D eigenvalue weighted by Crippen LogP contribution is 2.26. The summed E-state index contributed by atoms with van der Waals surface area (Å²) in [6.07, 6.45) is 2.17. The molecule has 1 N–H and O–H groups in total. The Bertz CT molecular complexity index is 1140. The van der Waals surface area contributed by atoms with Crippen LogP contribution in [0, 0.1) is 5.92 Å². The predicted octanol–water partition coefficient (Wildman–Crippen LogP) is 2.02. The minimum absolute atomic E-state index is 0.0125. The highest BCUT2D eigenvalue weighted by atomic mass is 35.5. The quantitative estimate of drug-likeness (QED) is 0.667. The molecule has 2 aromatic rings. The van der Waals surface area contributed by atoms with Crippen molar-refractivity contribution in [2.24, 2.45) is 5.92 Å². The van der Waals surface area contributed by atoms with Crippen LogP contribution in [0.25, 0.3) is 0 Å². The SMILES string of the molecule is CN(C)S(=O)(=O)c1ccc(S(=O)(=O)N2CCC(C(=O)Nc3ccc(Cl)cn3)CC2)cc1. The van der Waals surface area contributed by atoms with Crippen LogP contribution in [0.4, 0.5) is 5.82 Å². The zero-order valence-electron chi connectivity index (χ0n) is 17.0. The van der Waals surface area contributed by atoms with Gasteiger partial charge in [0, 0.05) is 39.3 Å². The Hall–Kier alpha value is -2.05. The first-order chi connectivity index (χ1) is 14.5. The second kappa shape index (κ2) is 9.21. The Morgan fingerprint density at radius 1 is 1.03 bits per heavy atom. The lowest BCUT2D eigenvalue weighted by molar-refractivity contribution is -0.120. The first-order valence-corrected chi connectivity index (χ1v) is 12.7. The number of anilines is 1. The van der Waals surface area contributed by atoms with E-state index >= 15 is 0 Å². The van der Waals surface area contributed by atoms with Gasteiger partial charge >= 0.3 is 0 Å². The van der Waals surface area contributed by atoms with Crippen molar-refractivity contribution in [3.8, 4) is 0 Å². The van der Waals surface area contributed by atoms with E-state index in [9.17, 15) is 21.6 Å². The van der Waals surface area contributed by atoms with Gasteiger partial charge < -0.3 is 5.32 Å². The summed E-state index contributed by atoms with van der Waals surface area (Å²) in [7, 11) is -4.62. The summed E-state index contributed by atoms with van der Waals surface area (Å²) in [4.78, 5) is 16.5. The van der Waals surface area contributed by atoms with Crippen LogP contribution in [-0.2, 0) is 24.8 Å². The van der Waals surface area contributed by atoms with Crippen molar-refractivity contribution in [1.29, 1.82) is 0 Å². The maximum Gasteiger partial charge on any atom is 0.243 e. The van der Waals surface area contributed by atoms with Crippen LogP contribution < -0.4 is 5.32 Å². The summed E-state index contributed by atoms with van der Waals surface area (Å²) >= 11 is 5.78. The van der Waals surface area contributed by atoms with Crippen molar-refractivity contribution < 1.29 is 21.6 Å². The number of amides is 1. The van der Waals surface area contributed by atoms with E-state index in [1.165, 1.54) is 48.9 Å². The molecule has 1 fully saturated rings. The standard InChI is InChI=1S/C19H23ClN4O5S2/c1-23(2)30(26,27)16-4-6-17(7-5-16)31(28,29)24-11-9-14(10-12-24)19(25)22-18-8-3-15(20)13-21-18/h3-8,13-14H,9-12H2,1-2H3,(H,21,22,25). The van der Waals surface area contributed by atoms with Gasteiger partial charge in [0.15, 0.2) is 0 Å². The fourth-order valence-electron chi connectivity index (χ4n) is 3.18. The number of rotatable bonds is 6. The molecule has 31 heavy (non-hydrogen) atoms. The molecule has 0 atom stereocenters. The van der Waals surface area contributed by atoms with Gasteiger partial charge in [0.25, 0.3) is 0 Å². The van der Waals surface area contributed by atoms with Crippen LogP contribution in [0.5, 0.6) is 0 Å². The number of hydrogen-bond acceptors (Lipinski definition) is 6. The molecule has 3 rings (SSSR count). The summed E-state index contributed by atoms with van der Waals surface area (Å²) in [5.41, 5.74) is 0. The van der Waals surface area contributed by atoms with E-state index in [-0.39, 0.29) is 34.7 Å². The molecular weight excluding hydrogens is 464 g/mol. The van der Waals surface area contributed by atoms with E-state index in [1.807, 2.05) is 0 Å². The molecule has 0 unspecified atom stereocenters. The van der Waals surface area contributed by atoms with Crippen molar-refractivity contribution in [1.82, 2.24) is 13.6 Å². The Labute approximate surface area is 187 Å². The maximum absolute atomic E-state index is 12.9. The lowest BCUT2D eigenvalue weighted by Gasteiger charge is -2.30. The second-order valence-electron chi connectivity index (χ2n) is 7.29. The van der Waals surface area contributed by atoms with Gasteiger partial charge in [-0.15, -0.1) is 0 Å². The first kappa shape index (κ1) is 23.6. The highest BCUT2D eigenvalue weighted by molar-refractivity contribution is 7.89. The Morgan fingerprint density at radius 2 is 1.61 bits per heavy atom. The average molecular weight is 487 g/mol. The summed E-state index contributed by atoms with van der Waals surface area (Å²) in [6.45, 7) is 0.373. The number of carbonyl (C=O) groups excluding carboxylic acids is 1. The maximum atomic E-state index is 12.9. The molecule has 1 aromatic heterocycles. The molecule has 168 valence electrons. The third-order valence-corrected chi connectivity index (χ3v) is 9.01. The molecule has 1 aliphatic rings. The number of pyridine rings is 1. The minimum Gasteiger partial charge on any atom is -0.310 e. The van der Waals surface area contributed by atoms with Gasteiger partial charge in [-0.1, -0.05) is 11.6 Å². The molecule has 0 radical (unpaired) electrons. The zero-order chi connectivity index (χ0) is 22.8. The van der Waals surface area contributed by atoms with Gasteiger partial charge in [-0.25, -0.2) is 26.1 Å². The van der Waals surface area contributed by atoms with Crippen molar-refractivity contribution in [2.45, 2.75) is 22.6 Å². The number of halogens is 1. The molecule has 9 nitrogen and oxygen atoms in total. The van der Waals surface area contributed by atoms with E-state index in [0.29, 0.717) is 23.7 Å². The third kappa shape index (κ3) is 5.24. The number of carbonyl (C=O) groups is 1. The van der Waals surface area contributed by atoms with E-state index in [0.717, 1.165) is 4.31 Å². The molecule has 1 saturated heterocycles. The average Bonchev–Trinajstić information content (AvgIpc) is 2.75. The smallest absolute Gasteiger partial charge is 0.243 e. The van der Waals surface area contributed by atoms with Gasteiger partial charge in [-0.3, -0.25) is 4.79 Å². The highest BCUT2D eigenvalue weighted by Gasteiger charge is 2.32. The van der Waals surface area contributed by atoms with Gasteiger partial charge in [-0.2, -0.15) is 4.31 Å².